The zero-order chi connectivity index (χ0) is 90.6. The van der Waals surface area contributed by atoms with E-state index in [2.05, 4.69) is 35.0 Å². The zero-order valence-electron chi connectivity index (χ0n) is 68.4. The lowest BCUT2D eigenvalue weighted by atomic mass is 10.1. The van der Waals surface area contributed by atoms with E-state index in [1.807, 2.05) is 0 Å². The zero-order valence-corrected chi connectivity index (χ0v) is 68.4. The number of fused-ring (bicyclic) bond motifs is 1. The number of aliphatic hydroxyl groups excluding tert-OH is 1. The topological polar surface area (TPSA) is 484 Å². The van der Waals surface area contributed by atoms with E-state index in [1.165, 1.54) is 59.7 Å². The maximum atomic E-state index is 13.6. The number of aliphatic carboxylic acids is 1. The van der Waals surface area contributed by atoms with E-state index in [9.17, 15) is 77.3 Å². The number of carboxylic acid groups (broad SMARTS) is 1. The van der Waals surface area contributed by atoms with Crippen molar-refractivity contribution in [3.63, 3.8) is 0 Å². The van der Waals surface area contributed by atoms with Gasteiger partial charge in [0.2, 0.25) is 47.7 Å². The summed E-state index contributed by atoms with van der Waals surface area (Å²) in [6.45, 7) is 33.5. The Morgan fingerprint density at radius 3 is 1.27 bits per heavy atom. The van der Waals surface area contributed by atoms with E-state index in [1.54, 1.807) is 133 Å². The lowest BCUT2D eigenvalue weighted by molar-refractivity contribution is -0.177. The molecule has 6 aromatic carbocycles. The summed E-state index contributed by atoms with van der Waals surface area (Å²) in [4.78, 5) is 205. The number of likely N-dealkylation sites (N-methyl/N-ethyl adjacent to an activating group) is 3. The quantitative estimate of drug-likeness (QED) is 0.0348. The third-order valence-electron chi connectivity index (χ3n) is 20.5. The second-order valence-electron chi connectivity index (χ2n) is 29.1. The molecule has 0 spiro atoms. The number of hydrogen-bond donors (Lipinski definition) is 7. The molecule has 6 fully saturated rings. The van der Waals surface area contributed by atoms with Crippen LogP contribution in [0.15, 0.2) is 132 Å². The Morgan fingerprint density at radius 2 is 0.856 bits per heavy atom. The molecule has 40 nitrogen and oxygen atoms in total. The number of nitrogen functional groups attached to an aromatic ring is 1. The molecule has 11 amide bonds. The van der Waals surface area contributed by atoms with Crippen molar-refractivity contribution in [1.29, 1.82) is 5.41 Å². The number of piperazine rings is 3. The monoisotopic (exact) mass is 1710 g/mol. The van der Waals surface area contributed by atoms with Crippen LogP contribution in [-0.4, -0.2) is 290 Å². The molecule has 6 saturated heterocycles. The molecule has 0 aliphatic carbocycles. The fraction of sp³-hybridized carbons (Fsp3) is 0.341. The molecule has 0 aromatic heterocycles. The highest BCUT2D eigenvalue weighted by Gasteiger charge is 2.46. The SMILES string of the molecule is CC(=O)O[C@@H](C(=O)O)[C@H]1OCCN(c2cccc(CC(=O)N3CCN(C)C(=O)C3)c2)C1=O.CN1CCN(C(=O)Cc2cccc(N3CCO[C@H]([C@@H](O)C(=O)Nc4ccc5c(c4)C(=N)N=C5N)C3=O)c2)CC1=O.[C-]#[N+]c1ccc(N)cc1[N+]#[C-].[C-]#[N+]c1ccc(NC(=O)[C@H](OC(C)=O)[C@H]2OCCN(c3cccc(CC(=O)N4CCN(C)C(=O)C4)c3)C2=O)cc1[N+]#[C-]. The van der Waals surface area contributed by atoms with Crippen molar-refractivity contribution < 1.29 is 101 Å². The molecule has 0 bridgehead atoms. The lowest BCUT2D eigenvalue weighted by Gasteiger charge is -2.35. The molecule has 0 unspecified atom stereocenters. The van der Waals surface area contributed by atoms with E-state index < -0.39 is 84.1 Å². The fourth-order valence-electron chi connectivity index (χ4n) is 13.7. The van der Waals surface area contributed by atoms with Gasteiger partial charge >= 0.3 is 17.9 Å². The molecule has 7 aliphatic heterocycles. The Morgan fingerprint density at radius 1 is 0.480 bits per heavy atom. The number of carbonyl (C=O) groups is 14. The summed E-state index contributed by atoms with van der Waals surface area (Å²) in [5.41, 5.74) is 17.4. The number of ether oxygens (including phenoxy) is 5. The average molecular weight is 1710 g/mol. The fourth-order valence-corrected chi connectivity index (χ4v) is 13.7. The first kappa shape index (κ1) is 91.9. The summed E-state index contributed by atoms with van der Waals surface area (Å²) in [5, 5.41) is 33.1. The highest BCUT2D eigenvalue weighted by atomic mass is 16.6. The first-order valence-electron chi connectivity index (χ1n) is 38.8. The number of nitrogens with two attached hydrogens (primary N) is 2. The summed E-state index contributed by atoms with van der Waals surface area (Å²) in [6, 6.07) is 33.9. The maximum Gasteiger partial charge on any atom is 0.348 e. The molecule has 6 aromatic rings. The van der Waals surface area contributed by atoms with Gasteiger partial charge in [-0.3, -0.25) is 87.1 Å². The molecule has 0 saturated carbocycles. The van der Waals surface area contributed by atoms with Crippen molar-refractivity contribution in [1.82, 2.24) is 29.4 Å². The Kier molecular flexibility index (Phi) is 30.7. The van der Waals surface area contributed by atoms with Crippen LogP contribution in [0.5, 0.6) is 0 Å². The first-order chi connectivity index (χ1) is 59.7. The second kappa shape index (κ2) is 41.7. The number of aliphatic hydroxyl groups is 1. The van der Waals surface area contributed by atoms with E-state index in [-0.39, 0.29) is 143 Å². The van der Waals surface area contributed by atoms with E-state index in [0.717, 1.165) is 13.8 Å². The number of amides is 11. The summed E-state index contributed by atoms with van der Waals surface area (Å²) in [6.07, 6.45) is -9.45. The van der Waals surface area contributed by atoms with Crippen LogP contribution in [0, 0.1) is 31.7 Å². The van der Waals surface area contributed by atoms with Gasteiger partial charge in [0.25, 0.3) is 29.5 Å². The number of benzene rings is 6. The Hall–Kier alpha value is -15.4. The maximum absolute atomic E-state index is 13.6. The van der Waals surface area contributed by atoms with Crippen LogP contribution in [0.3, 0.4) is 0 Å². The smallest absolute Gasteiger partial charge is 0.348 e. The second-order valence-corrected chi connectivity index (χ2v) is 29.1. The summed E-state index contributed by atoms with van der Waals surface area (Å²) in [7, 11) is 5.08. The summed E-state index contributed by atoms with van der Waals surface area (Å²) in [5.74, 6) is -7.50. The third-order valence-corrected chi connectivity index (χ3v) is 20.5. The summed E-state index contributed by atoms with van der Waals surface area (Å²) < 4.78 is 26.4. The standard InChI is InChI=1S/C29H28N6O7.C27H29N7O6.C21H25N3O8.C8H5N3/c1-18(36)42-26(28(39)32-20-8-9-22(30-2)23(16-20)31-3)27-29(40)35(12-13-41-27)21-7-5-6-19(14-21)15-24(37)34-11-10-33(4)25(38)17-34;1-32-7-8-33(14-21(32)36)20(35)12-15-3-2-4-17(11-15)34-9-10-40-23(27(34)39)22(37)26(38)30-16-5-6-18-19(13-16)25(29)31-24(18)28;1-13(25)32-19(21(29)30)18-20(28)24(8-9-31-18)15-5-3-4-14(10-15)11-16(26)23-7-6-22(2)17(27)12-23;1-10-7-4-3-6(9)5-8(7)11-2/h5-9,14,16,26-27H,10-13,15,17H2,1,4H3,(H,32,39);2-6,11,13,22-23,37H,7-10,12,14H2,1H3,(H,30,38)(H3,28,29,31);3-5,10,18-19H,6-9,11-12H2,1-2H3,(H,29,30);3-5H,9H2/t26-,27-;22-,23-;18-,19-;/m111./s1. The predicted molar refractivity (Wildman–Crippen MR) is 448 cm³/mol. The molecular formula is C85H87N19O21. The normalized spacial score (nSPS) is 18.2. The van der Waals surface area contributed by atoms with E-state index in [4.69, 9.17) is 66.8 Å². The number of anilines is 6. The lowest BCUT2D eigenvalue weighted by Crippen LogP contribution is -2.56. The number of esters is 2. The van der Waals surface area contributed by atoms with Gasteiger partial charge in [0.05, 0.1) is 85.0 Å². The molecule has 125 heavy (non-hydrogen) atoms. The van der Waals surface area contributed by atoms with Crippen LogP contribution in [0.25, 0.3) is 19.4 Å². The van der Waals surface area contributed by atoms with Crippen molar-refractivity contribution in [3.8, 4) is 0 Å². The molecule has 0 radical (unpaired) electrons. The van der Waals surface area contributed by atoms with E-state index >= 15 is 0 Å². The molecular weight excluding hydrogens is 1620 g/mol. The van der Waals surface area contributed by atoms with Crippen molar-refractivity contribution in [2.75, 3.05) is 151 Å². The van der Waals surface area contributed by atoms with Gasteiger partial charge in [0.15, 0.2) is 53.0 Å². The van der Waals surface area contributed by atoms with Crippen LogP contribution in [0.4, 0.5) is 56.9 Å². The van der Waals surface area contributed by atoms with Gasteiger partial charge in [-0.05, 0) is 83.4 Å². The van der Waals surface area contributed by atoms with Gasteiger partial charge in [-0.15, -0.1) is 0 Å². The number of rotatable bonds is 19. The van der Waals surface area contributed by atoms with Crippen LogP contribution in [-0.2, 0) is 110 Å². The molecule has 40 heteroatoms. The molecule has 7 aliphatic rings. The minimum absolute atomic E-state index is 0.0150. The Bertz CT molecular complexity index is 5500. The van der Waals surface area contributed by atoms with Crippen molar-refractivity contribution in [2.24, 2.45) is 10.7 Å². The number of carboxylic acids is 1. The Balaban J connectivity index is 0.000000185. The van der Waals surface area contributed by atoms with Crippen LogP contribution >= 0.6 is 0 Å². The number of nitrogens with one attached hydrogen (secondary N) is 3. The number of hydrogen-bond acceptors (Lipinski definition) is 23. The number of morpholine rings is 3. The minimum Gasteiger partial charge on any atom is -0.478 e. The Labute approximate surface area is 716 Å². The minimum atomic E-state index is -1.80. The first-order valence-corrected chi connectivity index (χ1v) is 38.8. The van der Waals surface area contributed by atoms with Gasteiger partial charge in [-0.25, -0.2) is 9.79 Å². The molecule has 7 heterocycles. The molecule has 13 rings (SSSR count). The van der Waals surface area contributed by atoms with E-state index in [0.29, 0.717) is 107 Å². The van der Waals surface area contributed by atoms with Crippen LogP contribution in [0.1, 0.15) is 41.7 Å². The highest BCUT2D eigenvalue weighted by Crippen LogP contribution is 2.34. The molecule has 648 valence electrons. The number of amidine groups is 2. The van der Waals surface area contributed by atoms with Crippen molar-refractivity contribution >= 4 is 151 Å². The number of nitrogens with zero attached hydrogens (tertiary/aromatic N) is 14. The van der Waals surface area contributed by atoms with Gasteiger partial charge in [0.1, 0.15) is 5.84 Å². The van der Waals surface area contributed by atoms with Crippen molar-refractivity contribution in [3.05, 3.63) is 201 Å². The molecule has 9 N–H and O–H groups in total. The number of aliphatic imine (C=N–C) groups is 1. The average Bonchev–Trinajstić information content (AvgIpc) is 1.79. The van der Waals surface area contributed by atoms with Gasteiger partial charge < -0.3 is 100 Å². The van der Waals surface area contributed by atoms with Crippen molar-refractivity contribution in [2.45, 2.75) is 69.7 Å². The third kappa shape index (κ3) is 23.2. The number of carbonyl (C=O) groups excluding carboxylic acids is 13. The largest absolute Gasteiger partial charge is 0.478 e. The summed E-state index contributed by atoms with van der Waals surface area (Å²) >= 11 is 0. The van der Waals surface area contributed by atoms with Gasteiger partial charge in [0, 0.05) is 139 Å². The van der Waals surface area contributed by atoms with Gasteiger partial charge in [-0.2, -0.15) is 0 Å². The van der Waals surface area contributed by atoms with Crippen LogP contribution < -0.4 is 36.8 Å². The predicted octanol–water partition coefficient (Wildman–Crippen LogP) is 2.89. The molecule has 6 atom stereocenters. The highest BCUT2D eigenvalue weighted by molar-refractivity contribution is 6.21. The van der Waals surface area contributed by atoms with Crippen LogP contribution in [0.2, 0.25) is 0 Å². The van der Waals surface area contributed by atoms with Gasteiger partial charge in [-0.1, -0.05) is 60.7 Å².